The molecule has 1 aliphatic carbocycles. The Morgan fingerprint density at radius 1 is 0.795 bits per heavy atom. The first-order valence-corrected chi connectivity index (χ1v) is 14.4. The summed E-state index contributed by atoms with van der Waals surface area (Å²) in [5, 5.41) is 2.39. The van der Waals surface area contributed by atoms with E-state index in [9.17, 15) is 0 Å². The Kier molecular flexibility index (Phi) is 6.45. The van der Waals surface area contributed by atoms with Gasteiger partial charge in [0.15, 0.2) is 0 Å². The fourth-order valence-electron chi connectivity index (χ4n) is 5.86. The summed E-state index contributed by atoms with van der Waals surface area (Å²) in [6.45, 7) is 2.02. The lowest BCUT2D eigenvalue weighted by atomic mass is 9.91. The molecule has 1 aliphatic heterocycles. The maximum Gasteiger partial charge on any atom is 0.213 e. The highest BCUT2D eigenvalue weighted by Crippen LogP contribution is 2.33. The van der Waals surface area contributed by atoms with E-state index >= 15 is 0 Å². The topological polar surface area (TPSA) is 65.3 Å². The van der Waals surface area contributed by atoms with Gasteiger partial charge in [0.2, 0.25) is 5.88 Å². The second-order valence-electron chi connectivity index (χ2n) is 10.6. The molecule has 0 spiro atoms. The average molecular weight is 585 g/mol. The maximum absolute atomic E-state index is 6.39. The van der Waals surface area contributed by atoms with Crippen LogP contribution in [0.25, 0.3) is 32.9 Å². The molecule has 0 atom stereocenters. The van der Waals surface area contributed by atoms with Gasteiger partial charge in [-0.05, 0) is 64.7 Å². The standard InChI is InChI=1S/C31H30BrN5O2/c1-36-28-7-10-33-19-27(28)26-4-2-20(14-29(26)36)21-3-5-31(35-18-21)39-25-16-24(17-25)38-23-8-12-37(13-9-23)22-6-11-34-30(32)15-22/h2-7,10-11,14-15,18-19,23-25H,8-9,12-13,16-17H2,1H3. The molecular weight excluding hydrogens is 554 g/mol. The van der Waals surface area contributed by atoms with Gasteiger partial charge < -0.3 is 18.9 Å². The molecule has 1 aromatic carbocycles. The molecule has 5 heterocycles. The summed E-state index contributed by atoms with van der Waals surface area (Å²) < 4.78 is 15.6. The third kappa shape index (κ3) is 4.87. The van der Waals surface area contributed by atoms with Gasteiger partial charge >= 0.3 is 0 Å². The van der Waals surface area contributed by atoms with Crippen molar-refractivity contribution in [3.8, 4) is 17.0 Å². The van der Waals surface area contributed by atoms with Crippen molar-refractivity contribution >= 4 is 43.4 Å². The third-order valence-electron chi connectivity index (χ3n) is 8.12. The van der Waals surface area contributed by atoms with Crippen molar-refractivity contribution in [3.05, 3.63) is 77.9 Å². The number of nitrogens with zero attached hydrogens (tertiary/aromatic N) is 5. The summed E-state index contributed by atoms with van der Waals surface area (Å²) in [5.41, 5.74) is 5.81. The molecule has 1 saturated carbocycles. The zero-order chi connectivity index (χ0) is 26.3. The molecule has 7 nitrogen and oxygen atoms in total. The number of aromatic nitrogens is 4. The Balaban J connectivity index is 0.918. The number of anilines is 1. The number of hydrogen-bond donors (Lipinski definition) is 0. The number of benzene rings is 1. The minimum Gasteiger partial charge on any atom is -0.474 e. The highest BCUT2D eigenvalue weighted by Gasteiger charge is 2.34. The smallest absolute Gasteiger partial charge is 0.213 e. The third-order valence-corrected chi connectivity index (χ3v) is 8.55. The molecule has 0 radical (unpaired) electrons. The molecule has 39 heavy (non-hydrogen) atoms. The summed E-state index contributed by atoms with van der Waals surface area (Å²) in [4.78, 5) is 15.6. The zero-order valence-electron chi connectivity index (χ0n) is 21.8. The molecule has 4 aromatic heterocycles. The molecule has 0 amide bonds. The number of pyridine rings is 3. The Morgan fingerprint density at radius 3 is 2.44 bits per heavy atom. The van der Waals surface area contributed by atoms with E-state index in [4.69, 9.17) is 9.47 Å². The van der Waals surface area contributed by atoms with Crippen LogP contribution in [0.5, 0.6) is 5.88 Å². The van der Waals surface area contributed by atoms with Gasteiger partial charge in [0.25, 0.3) is 0 Å². The van der Waals surface area contributed by atoms with E-state index in [1.807, 2.05) is 30.9 Å². The van der Waals surface area contributed by atoms with Gasteiger partial charge in [-0.25, -0.2) is 9.97 Å². The SMILES string of the molecule is Cn1c2ccncc2c2ccc(-c3ccc(OC4CC(OC5CCN(c6ccnc(Br)c6)CC5)C4)nc3)cc21. The Labute approximate surface area is 235 Å². The first-order valence-electron chi connectivity index (χ1n) is 13.6. The number of aryl methyl sites for hydroxylation is 1. The fraction of sp³-hybridized carbons (Fsp3) is 0.323. The van der Waals surface area contributed by atoms with Crippen molar-refractivity contribution < 1.29 is 9.47 Å². The van der Waals surface area contributed by atoms with Crippen molar-refractivity contribution in [2.75, 3.05) is 18.0 Å². The maximum atomic E-state index is 6.39. The summed E-state index contributed by atoms with van der Waals surface area (Å²) in [7, 11) is 2.10. The molecular formula is C31H30BrN5O2. The largest absolute Gasteiger partial charge is 0.474 e. The molecule has 7 rings (SSSR count). The van der Waals surface area contributed by atoms with E-state index in [2.05, 4.69) is 89.9 Å². The molecule has 0 N–H and O–H groups in total. The van der Waals surface area contributed by atoms with Crippen LogP contribution in [0, 0.1) is 0 Å². The van der Waals surface area contributed by atoms with Crippen LogP contribution >= 0.6 is 15.9 Å². The fourth-order valence-corrected chi connectivity index (χ4v) is 6.21. The highest BCUT2D eigenvalue weighted by atomic mass is 79.9. The lowest BCUT2D eigenvalue weighted by molar-refractivity contribution is -0.102. The van der Waals surface area contributed by atoms with E-state index in [1.54, 1.807) is 0 Å². The molecule has 5 aromatic rings. The van der Waals surface area contributed by atoms with Crippen LogP contribution in [-0.2, 0) is 11.8 Å². The summed E-state index contributed by atoms with van der Waals surface area (Å²) in [6, 6.07) is 16.8. The predicted molar refractivity (Wildman–Crippen MR) is 157 cm³/mol. The first kappa shape index (κ1) is 24.5. The summed E-state index contributed by atoms with van der Waals surface area (Å²) >= 11 is 3.47. The molecule has 2 fully saturated rings. The van der Waals surface area contributed by atoms with Crippen molar-refractivity contribution in [2.45, 2.75) is 44.0 Å². The predicted octanol–water partition coefficient (Wildman–Crippen LogP) is 6.54. The zero-order valence-corrected chi connectivity index (χ0v) is 23.4. The second-order valence-corrected chi connectivity index (χ2v) is 11.4. The second kappa shape index (κ2) is 10.2. The van der Waals surface area contributed by atoms with Gasteiger partial charge in [0.1, 0.15) is 10.7 Å². The lowest BCUT2D eigenvalue weighted by Crippen LogP contribution is -2.44. The van der Waals surface area contributed by atoms with Crippen molar-refractivity contribution in [2.24, 2.45) is 7.05 Å². The molecule has 0 unspecified atom stereocenters. The first-order chi connectivity index (χ1) is 19.1. The number of ether oxygens (including phenoxy) is 2. The Hall–Kier alpha value is -3.49. The normalized spacial score (nSPS) is 19.9. The minimum atomic E-state index is 0.170. The van der Waals surface area contributed by atoms with E-state index in [0.29, 0.717) is 12.0 Å². The van der Waals surface area contributed by atoms with Gasteiger partial charge in [-0.1, -0.05) is 12.1 Å². The number of piperidine rings is 1. The van der Waals surface area contributed by atoms with Gasteiger partial charge in [0, 0.05) is 91.4 Å². The van der Waals surface area contributed by atoms with E-state index < -0.39 is 0 Å². The van der Waals surface area contributed by atoms with Crippen LogP contribution in [0.1, 0.15) is 25.7 Å². The van der Waals surface area contributed by atoms with Gasteiger partial charge in [0.05, 0.1) is 17.7 Å². The van der Waals surface area contributed by atoms with Crippen LogP contribution in [0.15, 0.2) is 77.9 Å². The van der Waals surface area contributed by atoms with E-state index in [-0.39, 0.29) is 12.2 Å². The van der Waals surface area contributed by atoms with Crippen LogP contribution in [0.4, 0.5) is 5.69 Å². The monoisotopic (exact) mass is 583 g/mol. The average Bonchev–Trinajstić information content (AvgIpc) is 3.24. The van der Waals surface area contributed by atoms with Crippen LogP contribution in [0.3, 0.4) is 0 Å². The number of hydrogen-bond acceptors (Lipinski definition) is 6. The van der Waals surface area contributed by atoms with Gasteiger partial charge in [-0.2, -0.15) is 0 Å². The van der Waals surface area contributed by atoms with E-state index in [1.165, 1.54) is 27.5 Å². The Morgan fingerprint density at radius 2 is 1.64 bits per heavy atom. The molecule has 0 bridgehead atoms. The Bertz CT molecular complexity index is 1620. The summed E-state index contributed by atoms with van der Waals surface area (Å²) in [5.74, 6) is 0.677. The summed E-state index contributed by atoms with van der Waals surface area (Å²) in [6.07, 6.45) is 12.3. The van der Waals surface area contributed by atoms with Crippen LogP contribution < -0.4 is 9.64 Å². The van der Waals surface area contributed by atoms with Crippen molar-refractivity contribution in [3.63, 3.8) is 0 Å². The molecule has 198 valence electrons. The number of rotatable bonds is 6. The van der Waals surface area contributed by atoms with Gasteiger partial charge in [-0.3, -0.25) is 4.98 Å². The van der Waals surface area contributed by atoms with Crippen molar-refractivity contribution in [1.82, 2.24) is 19.5 Å². The van der Waals surface area contributed by atoms with E-state index in [0.717, 1.165) is 54.5 Å². The van der Waals surface area contributed by atoms with Crippen molar-refractivity contribution in [1.29, 1.82) is 0 Å². The van der Waals surface area contributed by atoms with Crippen LogP contribution in [-0.4, -0.2) is 50.9 Å². The quantitative estimate of drug-likeness (QED) is 0.211. The lowest BCUT2D eigenvalue weighted by Gasteiger charge is -2.40. The molecule has 1 saturated heterocycles. The van der Waals surface area contributed by atoms with Crippen LogP contribution in [0.2, 0.25) is 0 Å². The number of halogens is 1. The van der Waals surface area contributed by atoms with Gasteiger partial charge in [-0.15, -0.1) is 0 Å². The minimum absolute atomic E-state index is 0.170. The number of fused-ring (bicyclic) bond motifs is 3. The molecule has 8 heteroatoms. The highest BCUT2D eigenvalue weighted by molar-refractivity contribution is 9.10. The molecule has 2 aliphatic rings.